The number of morpholine rings is 1. The van der Waals surface area contributed by atoms with Gasteiger partial charge in [-0.05, 0) is 31.5 Å². The molecule has 0 bridgehead atoms. The normalized spacial score (nSPS) is 21.8. The number of carbonyl (C=O) groups excluding carboxylic acids is 1. The molecule has 2 aliphatic heterocycles. The lowest BCUT2D eigenvalue weighted by Gasteiger charge is -2.34. The quantitative estimate of drug-likeness (QED) is 0.583. The maximum absolute atomic E-state index is 13.8. The number of ether oxygens (including phenoxy) is 2. The summed E-state index contributed by atoms with van der Waals surface area (Å²) in [4.78, 5) is 24.6. The molecule has 0 radical (unpaired) electrons. The average molecular weight is 523 g/mol. The SMILES string of the molecule is CCOC(=O)C1=C(CN2CCOC(C)C2)NC(c2nccs2)=N[C@H]1c1ccc(F)cc1Br. The molecule has 7 nitrogen and oxygen atoms in total. The van der Waals surface area contributed by atoms with Gasteiger partial charge in [-0.2, -0.15) is 0 Å². The minimum Gasteiger partial charge on any atom is -0.463 e. The molecule has 170 valence electrons. The molecule has 1 fully saturated rings. The highest BCUT2D eigenvalue weighted by atomic mass is 79.9. The van der Waals surface area contributed by atoms with Gasteiger partial charge in [0.1, 0.15) is 11.9 Å². The van der Waals surface area contributed by atoms with Gasteiger partial charge in [0.2, 0.25) is 0 Å². The number of amidine groups is 1. The Kier molecular flexibility index (Phi) is 7.34. The number of aromatic nitrogens is 1. The molecule has 2 atom stereocenters. The van der Waals surface area contributed by atoms with Crippen LogP contribution in [0.5, 0.6) is 0 Å². The lowest BCUT2D eigenvalue weighted by Crippen LogP contribution is -2.45. The second-order valence-corrected chi connectivity index (χ2v) is 9.29. The number of carbonyl (C=O) groups is 1. The van der Waals surface area contributed by atoms with Crippen LogP contribution in [0.4, 0.5) is 4.39 Å². The maximum Gasteiger partial charge on any atom is 0.338 e. The molecule has 2 aliphatic rings. The number of esters is 1. The summed E-state index contributed by atoms with van der Waals surface area (Å²) in [6.07, 6.45) is 1.81. The lowest BCUT2D eigenvalue weighted by atomic mass is 9.95. The van der Waals surface area contributed by atoms with E-state index in [1.807, 2.05) is 12.3 Å². The zero-order valence-electron chi connectivity index (χ0n) is 17.8. The van der Waals surface area contributed by atoms with E-state index in [0.717, 1.165) is 13.1 Å². The fourth-order valence-corrected chi connectivity index (χ4v) is 4.98. The van der Waals surface area contributed by atoms with Crippen LogP contribution in [-0.4, -0.2) is 60.6 Å². The molecule has 10 heteroatoms. The van der Waals surface area contributed by atoms with Crippen molar-refractivity contribution in [3.05, 3.63) is 61.9 Å². The summed E-state index contributed by atoms with van der Waals surface area (Å²) in [6.45, 7) is 6.67. The van der Waals surface area contributed by atoms with Gasteiger partial charge in [0.15, 0.2) is 10.8 Å². The third kappa shape index (κ3) is 5.09. The fraction of sp³-hybridized carbons (Fsp3) is 0.409. The highest BCUT2D eigenvalue weighted by Gasteiger charge is 2.35. The van der Waals surface area contributed by atoms with Gasteiger partial charge in [-0.3, -0.25) is 9.89 Å². The Bertz CT molecular complexity index is 1040. The molecule has 1 unspecified atom stereocenters. The standard InChI is InChI=1S/C22H24BrFN4O3S/c1-3-30-22(29)18-17(12-28-7-8-31-13(2)11-28)26-20(21-25-6-9-32-21)27-19(18)15-5-4-14(24)10-16(15)23/h4-6,9-10,13,19H,3,7-8,11-12H2,1-2H3,(H,26,27)/t13?,19-/m0/s1. The van der Waals surface area contributed by atoms with Crippen LogP contribution in [-0.2, 0) is 14.3 Å². The van der Waals surface area contributed by atoms with E-state index >= 15 is 0 Å². The monoisotopic (exact) mass is 522 g/mol. The zero-order valence-corrected chi connectivity index (χ0v) is 20.2. The van der Waals surface area contributed by atoms with E-state index in [2.05, 4.69) is 31.1 Å². The van der Waals surface area contributed by atoms with Crippen LogP contribution in [0.15, 0.2) is 50.5 Å². The van der Waals surface area contributed by atoms with Gasteiger partial charge in [-0.15, -0.1) is 11.3 Å². The van der Waals surface area contributed by atoms with Crippen LogP contribution in [0, 0.1) is 5.82 Å². The first-order valence-electron chi connectivity index (χ1n) is 10.4. The minimum absolute atomic E-state index is 0.105. The van der Waals surface area contributed by atoms with E-state index in [4.69, 9.17) is 14.5 Å². The number of nitrogens with zero attached hydrogens (tertiary/aromatic N) is 3. The third-order valence-corrected chi connectivity index (χ3v) is 6.69. The smallest absolute Gasteiger partial charge is 0.338 e. The van der Waals surface area contributed by atoms with Crippen LogP contribution in [0.25, 0.3) is 0 Å². The maximum atomic E-state index is 13.8. The van der Waals surface area contributed by atoms with Gasteiger partial charge in [-0.1, -0.05) is 22.0 Å². The van der Waals surface area contributed by atoms with Crippen molar-refractivity contribution >= 4 is 39.1 Å². The van der Waals surface area contributed by atoms with Crippen LogP contribution < -0.4 is 5.32 Å². The Balaban J connectivity index is 1.81. The number of halogens is 2. The zero-order chi connectivity index (χ0) is 22.7. The van der Waals surface area contributed by atoms with Crippen molar-refractivity contribution in [2.24, 2.45) is 4.99 Å². The van der Waals surface area contributed by atoms with Crippen LogP contribution >= 0.6 is 27.3 Å². The number of rotatable bonds is 6. The summed E-state index contributed by atoms with van der Waals surface area (Å²) in [5.74, 6) is -0.243. The minimum atomic E-state index is -0.669. The largest absolute Gasteiger partial charge is 0.463 e. The second-order valence-electron chi connectivity index (χ2n) is 7.54. The van der Waals surface area contributed by atoms with Crippen molar-refractivity contribution in [2.75, 3.05) is 32.8 Å². The van der Waals surface area contributed by atoms with Crippen molar-refractivity contribution in [1.29, 1.82) is 0 Å². The predicted molar refractivity (Wildman–Crippen MR) is 124 cm³/mol. The summed E-state index contributed by atoms with van der Waals surface area (Å²) < 4.78 is 25.4. The van der Waals surface area contributed by atoms with Crippen molar-refractivity contribution in [2.45, 2.75) is 26.0 Å². The number of thiazole rings is 1. The highest BCUT2D eigenvalue weighted by Crippen LogP contribution is 2.37. The molecule has 0 aliphatic carbocycles. The van der Waals surface area contributed by atoms with Gasteiger partial charge in [-0.25, -0.2) is 14.2 Å². The first-order chi connectivity index (χ1) is 15.5. The summed E-state index contributed by atoms with van der Waals surface area (Å²) in [6, 6.07) is 3.72. The van der Waals surface area contributed by atoms with Crippen molar-refractivity contribution in [3.63, 3.8) is 0 Å². The molecule has 0 saturated carbocycles. The Hall–Kier alpha value is -2.14. The lowest BCUT2D eigenvalue weighted by molar-refractivity contribution is -0.139. The van der Waals surface area contributed by atoms with E-state index in [1.54, 1.807) is 19.2 Å². The number of benzene rings is 1. The fourth-order valence-electron chi connectivity index (χ4n) is 3.82. The molecule has 1 aromatic carbocycles. The molecule has 1 N–H and O–H groups in total. The van der Waals surface area contributed by atoms with Gasteiger partial charge in [0.05, 0.1) is 24.9 Å². The van der Waals surface area contributed by atoms with Gasteiger partial charge in [0.25, 0.3) is 0 Å². The van der Waals surface area contributed by atoms with E-state index in [-0.39, 0.29) is 18.5 Å². The molecule has 4 rings (SSSR count). The van der Waals surface area contributed by atoms with Crippen LogP contribution in [0.1, 0.15) is 30.5 Å². The van der Waals surface area contributed by atoms with Crippen molar-refractivity contribution in [3.8, 4) is 0 Å². The number of hydrogen-bond donors (Lipinski definition) is 1. The molecule has 1 saturated heterocycles. The molecule has 0 amide bonds. The Morgan fingerprint density at radius 3 is 3.00 bits per heavy atom. The van der Waals surface area contributed by atoms with Gasteiger partial charge in [0, 0.05) is 41.4 Å². The molecule has 3 heterocycles. The van der Waals surface area contributed by atoms with Crippen molar-refractivity contribution < 1.29 is 18.7 Å². The highest BCUT2D eigenvalue weighted by molar-refractivity contribution is 9.10. The molecule has 32 heavy (non-hydrogen) atoms. The molecule has 0 spiro atoms. The Morgan fingerprint density at radius 2 is 2.31 bits per heavy atom. The number of aliphatic imine (C=N–C) groups is 1. The summed E-state index contributed by atoms with van der Waals surface area (Å²) in [5.41, 5.74) is 1.80. The molecule has 1 aromatic heterocycles. The second kappa shape index (κ2) is 10.2. The Labute approximate surface area is 198 Å². The summed E-state index contributed by atoms with van der Waals surface area (Å²) in [5, 5.41) is 5.93. The van der Waals surface area contributed by atoms with Crippen LogP contribution in [0.3, 0.4) is 0 Å². The van der Waals surface area contributed by atoms with Gasteiger partial charge < -0.3 is 14.8 Å². The average Bonchev–Trinajstić information content (AvgIpc) is 3.28. The number of hydrogen-bond acceptors (Lipinski definition) is 8. The topological polar surface area (TPSA) is 76.0 Å². The first kappa shape index (κ1) is 23.0. The van der Waals surface area contributed by atoms with Gasteiger partial charge >= 0.3 is 5.97 Å². The van der Waals surface area contributed by atoms with E-state index in [1.165, 1.54) is 23.5 Å². The first-order valence-corrected chi connectivity index (χ1v) is 12.1. The third-order valence-electron chi connectivity index (χ3n) is 5.22. The predicted octanol–water partition coefficient (Wildman–Crippen LogP) is 3.67. The number of nitrogens with one attached hydrogen (secondary N) is 1. The molecule has 2 aromatic rings. The summed E-state index contributed by atoms with van der Waals surface area (Å²) >= 11 is 4.90. The van der Waals surface area contributed by atoms with Crippen molar-refractivity contribution in [1.82, 2.24) is 15.2 Å². The molecular formula is C22H24BrFN4O3S. The van der Waals surface area contributed by atoms with E-state index in [0.29, 0.717) is 45.3 Å². The molecular weight excluding hydrogens is 499 g/mol. The van der Waals surface area contributed by atoms with Crippen LogP contribution in [0.2, 0.25) is 0 Å². The van der Waals surface area contributed by atoms with E-state index < -0.39 is 12.0 Å². The Morgan fingerprint density at radius 1 is 1.47 bits per heavy atom. The van der Waals surface area contributed by atoms with E-state index in [9.17, 15) is 9.18 Å². The summed E-state index contributed by atoms with van der Waals surface area (Å²) in [7, 11) is 0.